The summed E-state index contributed by atoms with van der Waals surface area (Å²) >= 11 is 0. The van der Waals surface area contributed by atoms with Crippen molar-refractivity contribution >= 4 is 0 Å². The van der Waals surface area contributed by atoms with Crippen LogP contribution in [0.25, 0.3) is 0 Å². The number of hydrogen-bond acceptors (Lipinski definition) is 3. The van der Waals surface area contributed by atoms with Gasteiger partial charge in [-0.15, -0.1) is 0 Å². The fraction of sp³-hybridized carbons (Fsp3) is 1.00. The lowest BCUT2D eigenvalue weighted by Crippen LogP contribution is -2.20. The SMILES string of the molecule is CCC(C)OCC1OCCO1. The van der Waals surface area contributed by atoms with Gasteiger partial charge in [-0.3, -0.25) is 0 Å². The topological polar surface area (TPSA) is 27.7 Å². The van der Waals surface area contributed by atoms with Crippen LogP contribution in [0.1, 0.15) is 20.3 Å². The molecule has 1 aliphatic rings. The fourth-order valence-corrected chi connectivity index (χ4v) is 0.864. The Hall–Kier alpha value is -0.120. The van der Waals surface area contributed by atoms with Crippen molar-refractivity contribution in [2.75, 3.05) is 19.8 Å². The highest BCUT2D eigenvalue weighted by Crippen LogP contribution is 2.06. The van der Waals surface area contributed by atoms with E-state index in [9.17, 15) is 0 Å². The predicted octanol–water partition coefficient (Wildman–Crippen LogP) is 1.17. The average Bonchev–Trinajstić information content (AvgIpc) is 2.52. The van der Waals surface area contributed by atoms with Gasteiger partial charge in [-0.2, -0.15) is 0 Å². The first-order valence-corrected chi connectivity index (χ1v) is 4.17. The van der Waals surface area contributed by atoms with Crippen molar-refractivity contribution < 1.29 is 14.2 Å². The third kappa shape index (κ3) is 3.18. The second-order valence-electron chi connectivity index (χ2n) is 2.72. The van der Waals surface area contributed by atoms with E-state index in [0.29, 0.717) is 25.9 Å². The highest BCUT2D eigenvalue weighted by molar-refractivity contribution is 4.52. The highest BCUT2D eigenvalue weighted by Gasteiger charge is 2.16. The Morgan fingerprint density at radius 1 is 1.45 bits per heavy atom. The summed E-state index contributed by atoms with van der Waals surface area (Å²) in [5.74, 6) is 0. The predicted molar refractivity (Wildman–Crippen MR) is 41.4 cm³/mol. The first kappa shape index (κ1) is 8.97. The Morgan fingerprint density at radius 2 is 2.09 bits per heavy atom. The van der Waals surface area contributed by atoms with E-state index < -0.39 is 0 Å². The second kappa shape index (κ2) is 4.70. The van der Waals surface area contributed by atoms with Crippen LogP contribution in [0.5, 0.6) is 0 Å². The smallest absolute Gasteiger partial charge is 0.181 e. The molecule has 0 amide bonds. The van der Waals surface area contributed by atoms with Gasteiger partial charge in [-0.1, -0.05) is 6.92 Å². The van der Waals surface area contributed by atoms with E-state index in [-0.39, 0.29) is 6.29 Å². The molecule has 0 radical (unpaired) electrons. The van der Waals surface area contributed by atoms with Crippen LogP contribution in [0, 0.1) is 0 Å². The van der Waals surface area contributed by atoms with Crippen molar-refractivity contribution in [1.29, 1.82) is 0 Å². The molecule has 0 aromatic heterocycles. The molecular formula is C8H16O3. The molecule has 0 aromatic rings. The van der Waals surface area contributed by atoms with E-state index in [4.69, 9.17) is 14.2 Å². The Labute approximate surface area is 67.6 Å². The quantitative estimate of drug-likeness (QED) is 0.618. The van der Waals surface area contributed by atoms with Gasteiger partial charge in [0.05, 0.1) is 25.9 Å². The van der Waals surface area contributed by atoms with Crippen molar-refractivity contribution in [3.8, 4) is 0 Å². The summed E-state index contributed by atoms with van der Waals surface area (Å²) in [5, 5.41) is 0. The van der Waals surface area contributed by atoms with Crippen LogP contribution in [0.15, 0.2) is 0 Å². The van der Waals surface area contributed by atoms with Crippen LogP contribution < -0.4 is 0 Å². The lowest BCUT2D eigenvalue weighted by molar-refractivity contribution is -0.108. The molecule has 1 fully saturated rings. The number of hydrogen-bond donors (Lipinski definition) is 0. The summed E-state index contributed by atoms with van der Waals surface area (Å²) < 4.78 is 15.8. The largest absolute Gasteiger partial charge is 0.373 e. The van der Waals surface area contributed by atoms with E-state index in [1.165, 1.54) is 0 Å². The zero-order valence-corrected chi connectivity index (χ0v) is 7.21. The van der Waals surface area contributed by atoms with E-state index in [1.807, 2.05) is 0 Å². The van der Waals surface area contributed by atoms with Crippen LogP contribution in [0.2, 0.25) is 0 Å². The van der Waals surface area contributed by atoms with Gasteiger partial charge in [0.15, 0.2) is 6.29 Å². The van der Waals surface area contributed by atoms with Gasteiger partial charge < -0.3 is 14.2 Å². The molecule has 1 unspecified atom stereocenters. The molecule has 0 N–H and O–H groups in total. The van der Waals surface area contributed by atoms with Crippen LogP contribution in [0.4, 0.5) is 0 Å². The van der Waals surface area contributed by atoms with E-state index in [1.54, 1.807) is 0 Å². The molecule has 0 bridgehead atoms. The monoisotopic (exact) mass is 160 g/mol. The minimum Gasteiger partial charge on any atom is -0.373 e. The lowest BCUT2D eigenvalue weighted by Gasteiger charge is -2.13. The van der Waals surface area contributed by atoms with Crippen LogP contribution in [0.3, 0.4) is 0 Å². The van der Waals surface area contributed by atoms with Crippen LogP contribution >= 0.6 is 0 Å². The maximum Gasteiger partial charge on any atom is 0.181 e. The van der Waals surface area contributed by atoms with Gasteiger partial charge in [-0.25, -0.2) is 0 Å². The van der Waals surface area contributed by atoms with Gasteiger partial charge in [0, 0.05) is 0 Å². The summed E-state index contributed by atoms with van der Waals surface area (Å²) in [7, 11) is 0. The average molecular weight is 160 g/mol. The molecule has 3 heteroatoms. The Bertz CT molecular complexity index is 99.5. The van der Waals surface area contributed by atoms with Crippen molar-refractivity contribution in [1.82, 2.24) is 0 Å². The third-order valence-corrected chi connectivity index (χ3v) is 1.78. The third-order valence-electron chi connectivity index (χ3n) is 1.78. The molecule has 1 atom stereocenters. The molecule has 66 valence electrons. The molecular weight excluding hydrogens is 144 g/mol. The first-order chi connectivity index (χ1) is 5.33. The summed E-state index contributed by atoms with van der Waals surface area (Å²) in [4.78, 5) is 0. The molecule has 1 rings (SSSR count). The van der Waals surface area contributed by atoms with Crippen molar-refractivity contribution in [3.05, 3.63) is 0 Å². The molecule has 11 heavy (non-hydrogen) atoms. The minimum atomic E-state index is -0.121. The van der Waals surface area contributed by atoms with Gasteiger partial charge in [0.1, 0.15) is 0 Å². The summed E-state index contributed by atoms with van der Waals surface area (Å²) in [6, 6.07) is 0. The van der Waals surface area contributed by atoms with Gasteiger partial charge in [0.2, 0.25) is 0 Å². The highest BCUT2D eigenvalue weighted by atomic mass is 16.7. The number of ether oxygens (including phenoxy) is 3. The maximum absolute atomic E-state index is 5.43. The van der Waals surface area contributed by atoms with Crippen molar-refractivity contribution in [2.45, 2.75) is 32.7 Å². The summed E-state index contributed by atoms with van der Waals surface area (Å²) in [5.41, 5.74) is 0. The van der Waals surface area contributed by atoms with E-state index in [0.717, 1.165) is 6.42 Å². The molecule has 3 nitrogen and oxygen atoms in total. The molecule has 0 aliphatic carbocycles. The lowest BCUT2D eigenvalue weighted by atomic mass is 10.3. The molecule has 1 heterocycles. The summed E-state index contributed by atoms with van der Waals surface area (Å²) in [6.07, 6.45) is 1.22. The standard InChI is InChI=1S/C8H16O3/c1-3-7(2)11-6-8-9-4-5-10-8/h7-8H,3-6H2,1-2H3. The normalized spacial score (nSPS) is 22.4. The zero-order valence-electron chi connectivity index (χ0n) is 7.21. The molecule has 1 aliphatic heterocycles. The Balaban J connectivity index is 2.01. The van der Waals surface area contributed by atoms with Crippen molar-refractivity contribution in [3.63, 3.8) is 0 Å². The fourth-order valence-electron chi connectivity index (χ4n) is 0.864. The van der Waals surface area contributed by atoms with Gasteiger partial charge in [-0.05, 0) is 13.3 Å². The van der Waals surface area contributed by atoms with Gasteiger partial charge >= 0.3 is 0 Å². The second-order valence-corrected chi connectivity index (χ2v) is 2.72. The number of rotatable bonds is 4. The van der Waals surface area contributed by atoms with Crippen LogP contribution in [-0.4, -0.2) is 32.2 Å². The Kier molecular flexibility index (Phi) is 3.83. The first-order valence-electron chi connectivity index (χ1n) is 4.17. The van der Waals surface area contributed by atoms with Crippen molar-refractivity contribution in [2.24, 2.45) is 0 Å². The molecule has 0 saturated carbocycles. The summed E-state index contributed by atoms with van der Waals surface area (Å²) in [6.45, 7) is 6.12. The Morgan fingerprint density at radius 3 is 2.64 bits per heavy atom. The maximum atomic E-state index is 5.43. The molecule has 1 saturated heterocycles. The van der Waals surface area contributed by atoms with E-state index in [2.05, 4.69) is 13.8 Å². The molecule has 0 aromatic carbocycles. The van der Waals surface area contributed by atoms with E-state index >= 15 is 0 Å². The minimum absolute atomic E-state index is 0.121. The van der Waals surface area contributed by atoms with Gasteiger partial charge in [0.25, 0.3) is 0 Å². The van der Waals surface area contributed by atoms with Crippen LogP contribution in [-0.2, 0) is 14.2 Å². The molecule has 0 spiro atoms. The zero-order chi connectivity index (χ0) is 8.10.